The van der Waals surface area contributed by atoms with Crippen molar-refractivity contribution in [3.63, 3.8) is 0 Å². The maximum atomic E-state index is 5.73. The highest BCUT2D eigenvalue weighted by Gasteiger charge is 2.02. The Kier molecular flexibility index (Phi) is 3.12. The lowest BCUT2D eigenvalue weighted by Gasteiger charge is -2.10. The SMILES string of the molecule is NCc1ccccc1Nc1ccc2ccccc2n1. The van der Waals surface area contributed by atoms with Gasteiger partial charge in [-0.25, -0.2) is 4.98 Å². The lowest BCUT2D eigenvalue weighted by molar-refractivity contribution is 1.07. The smallest absolute Gasteiger partial charge is 0.131 e. The number of benzene rings is 2. The number of hydrogen-bond donors (Lipinski definition) is 2. The Hall–Kier alpha value is -2.39. The molecule has 3 heteroatoms. The van der Waals surface area contributed by atoms with Gasteiger partial charge >= 0.3 is 0 Å². The number of nitrogens with zero attached hydrogens (tertiary/aromatic N) is 1. The summed E-state index contributed by atoms with van der Waals surface area (Å²) in [5.41, 5.74) is 8.81. The molecule has 1 heterocycles. The molecule has 3 N–H and O–H groups in total. The van der Waals surface area contributed by atoms with Gasteiger partial charge in [0, 0.05) is 17.6 Å². The molecule has 0 unspecified atom stereocenters. The van der Waals surface area contributed by atoms with Gasteiger partial charge in [-0.2, -0.15) is 0 Å². The van der Waals surface area contributed by atoms with Gasteiger partial charge in [0.25, 0.3) is 0 Å². The van der Waals surface area contributed by atoms with Crippen molar-refractivity contribution in [2.75, 3.05) is 5.32 Å². The van der Waals surface area contributed by atoms with E-state index in [-0.39, 0.29) is 0 Å². The van der Waals surface area contributed by atoms with Crippen molar-refractivity contribution in [1.82, 2.24) is 4.98 Å². The molecular weight excluding hydrogens is 234 g/mol. The fraction of sp³-hybridized carbons (Fsp3) is 0.0625. The maximum absolute atomic E-state index is 5.73. The molecule has 2 aromatic carbocycles. The van der Waals surface area contributed by atoms with Crippen molar-refractivity contribution in [3.8, 4) is 0 Å². The summed E-state index contributed by atoms with van der Waals surface area (Å²) in [7, 11) is 0. The van der Waals surface area contributed by atoms with E-state index in [9.17, 15) is 0 Å². The van der Waals surface area contributed by atoms with Gasteiger partial charge in [-0.3, -0.25) is 0 Å². The van der Waals surface area contributed by atoms with Crippen LogP contribution in [0.15, 0.2) is 60.7 Å². The summed E-state index contributed by atoms with van der Waals surface area (Å²) in [4.78, 5) is 4.59. The predicted octanol–water partition coefficient (Wildman–Crippen LogP) is 3.44. The van der Waals surface area contributed by atoms with E-state index >= 15 is 0 Å². The first-order valence-corrected chi connectivity index (χ1v) is 6.27. The minimum Gasteiger partial charge on any atom is -0.340 e. The second-order valence-electron chi connectivity index (χ2n) is 4.38. The number of rotatable bonds is 3. The summed E-state index contributed by atoms with van der Waals surface area (Å²) < 4.78 is 0. The van der Waals surface area contributed by atoms with Gasteiger partial charge in [0.05, 0.1) is 5.52 Å². The Morgan fingerprint density at radius 1 is 0.895 bits per heavy atom. The van der Waals surface area contributed by atoms with E-state index in [0.29, 0.717) is 6.54 Å². The Labute approximate surface area is 112 Å². The van der Waals surface area contributed by atoms with Crippen LogP contribution in [0, 0.1) is 0 Å². The summed E-state index contributed by atoms with van der Waals surface area (Å²) in [6, 6.07) is 20.1. The molecule has 3 rings (SSSR count). The van der Waals surface area contributed by atoms with E-state index in [1.807, 2.05) is 48.5 Å². The van der Waals surface area contributed by atoms with Crippen LogP contribution in [0.5, 0.6) is 0 Å². The number of hydrogen-bond acceptors (Lipinski definition) is 3. The summed E-state index contributed by atoms with van der Waals surface area (Å²) in [6.45, 7) is 0.511. The summed E-state index contributed by atoms with van der Waals surface area (Å²) >= 11 is 0. The van der Waals surface area contributed by atoms with Crippen LogP contribution >= 0.6 is 0 Å². The highest BCUT2D eigenvalue weighted by Crippen LogP contribution is 2.21. The largest absolute Gasteiger partial charge is 0.340 e. The third-order valence-electron chi connectivity index (χ3n) is 3.10. The van der Waals surface area contributed by atoms with E-state index < -0.39 is 0 Å². The minimum absolute atomic E-state index is 0.511. The van der Waals surface area contributed by atoms with Crippen molar-refractivity contribution >= 4 is 22.4 Å². The standard InChI is InChI=1S/C16H15N3/c17-11-13-6-2-4-8-15(13)19-16-10-9-12-5-1-3-7-14(12)18-16/h1-10H,11,17H2,(H,18,19). The molecule has 0 aliphatic rings. The lowest BCUT2D eigenvalue weighted by Crippen LogP contribution is -2.02. The number of para-hydroxylation sites is 2. The quantitative estimate of drug-likeness (QED) is 0.747. The van der Waals surface area contributed by atoms with E-state index in [1.54, 1.807) is 0 Å². The molecule has 0 saturated carbocycles. The van der Waals surface area contributed by atoms with Crippen LogP contribution in [0.25, 0.3) is 10.9 Å². The second-order valence-corrected chi connectivity index (χ2v) is 4.38. The molecule has 0 atom stereocenters. The zero-order valence-electron chi connectivity index (χ0n) is 10.5. The van der Waals surface area contributed by atoms with Crippen LogP contribution in [0.3, 0.4) is 0 Å². The maximum Gasteiger partial charge on any atom is 0.131 e. The van der Waals surface area contributed by atoms with Gasteiger partial charge in [-0.05, 0) is 29.8 Å². The van der Waals surface area contributed by atoms with Gasteiger partial charge in [-0.15, -0.1) is 0 Å². The normalized spacial score (nSPS) is 10.6. The highest BCUT2D eigenvalue weighted by molar-refractivity contribution is 5.80. The van der Waals surface area contributed by atoms with E-state index in [2.05, 4.69) is 22.4 Å². The van der Waals surface area contributed by atoms with E-state index in [1.165, 1.54) is 0 Å². The van der Waals surface area contributed by atoms with Crippen molar-refractivity contribution in [3.05, 3.63) is 66.2 Å². The zero-order valence-corrected chi connectivity index (χ0v) is 10.5. The molecule has 0 aliphatic heterocycles. The fourth-order valence-electron chi connectivity index (χ4n) is 2.09. The van der Waals surface area contributed by atoms with Gasteiger partial charge in [0.15, 0.2) is 0 Å². The van der Waals surface area contributed by atoms with Crippen LogP contribution < -0.4 is 11.1 Å². The average molecular weight is 249 g/mol. The molecule has 0 amide bonds. The summed E-state index contributed by atoms with van der Waals surface area (Å²) in [5.74, 6) is 0.833. The first-order valence-electron chi connectivity index (χ1n) is 6.27. The second kappa shape index (κ2) is 5.08. The molecule has 94 valence electrons. The number of nitrogens with one attached hydrogen (secondary N) is 1. The molecule has 0 radical (unpaired) electrons. The number of anilines is 2. The van der Waals surface area contributed by atoms with Crippen LogP contribution in [0.4, 0.5) is 11.5 Å². The van der Waals surface area contributed by atoms with Crippen molar-refractivity contribution in [2.45, 2.75) is 6.54 Å². The Balaban J connectivity index is 1.96. The molecule has 0 spiro atoms. The fourth-order valence-corrected chi connectivity index (χ4v) is 2.09. The Morgan fingerprint density at radius 3 is 2.58 bits per heavy atom. The third kappa shape index (κ3) is 2.41. The highest BCUT2D eigenvalue weighted by atomic mass is 15.0. The monoisotopic (exact) mass is 249 g/mol. The first kappa shape index (κ1) is 11.7. The van der Waals surface area contributed by atoms with Crippen LogP contribution in [0.1, 0.15) is 5.56 Å². The van der Waals surface area contributed by atoms with Gasteiger partial charge in [0.2, 0.25) is 0 Å². The van der Waals surface area contributed by atoms with Crippen molar-refractivity contribution < 1.29 is 0 Å². The molecular formula is C16H15N3. The molecule has 3 aromatic rings. The van der Waals surface area contributed by atoms with Crippen molar-refractivity contribution in [1.29, 1.82) is 0 Å². The zero-order chi connectivity index (χ0) is 13.1. The molecule has 19 heavy (non-hydrogen) atoms. The Bertz CT molecular complexity index is 707. The predicted molar refractivity (Wildman–Crippen MR) is 79.4 cm³/mol. The van der Waals surface area contributed by atoms with E-state index in [0.717, 1.165) is 28.0 Å². The van der Waals surface area contributed by atoms with Gasteiger partial charge < -0.3 is 11.1 Å². The molecule has 0 fully saturated rings. The van der Waals surface area contributed by atoms with Gasteiger partial charge in [0.1, 0.15) is 5.82 Å². The van der Waals surface area contributed by atoms with Gasteiger partial charge in [-0.1, -0.05) is 36.4 Å². The van der Waals surface area contributed by atoms with Crippen LogP contribution in [-0.2, 0) is 6.54 Å². The minimum atomic E-state index is 0.511. The van der Waals surface area contributed by atoms with Crippen LogP contribution in [-0.4, -0.2) is 4.98 Å². The molecule has 0 bridgehead atoms. The first-order chi connectivity index (χ1) is 9.36. The number of fused-ring (bicyclic) bond motifs is 1. The summed E-state index contributed by atoms with van der Waals surface area (Å²) in [5, 5.41) is 4.46. The molecule has 0 aliphatic carbocycles. The van der Waals surface area contributed by atoms with Crippen molar-refractivity contribution in [2.24, 2.45) is 5.73 Å². The average Bonchev–Trinajstić information content (AvgIpc) is 2.48. The topological polar surface area (TPSA) is 50.9 Å². The number of nitrogens with two attached hydrogens (primary N) is 1. The molecule has 3 nitrogen and oxygen atoms in total. The third-order valence-corrected chi connectivity index (χ3v) is 3.10. The molecule has 1 aromatic heterocycles. The lowest BCUT2D eigenvalue weighted by atomic mass is 10.1. The Morgan fingerprint density at radius 2 is 1.68 bits per heavy atom. The van der Waals surface area contributed by atoms with Crippen LogP contribution in [0.2, 0.25) is 0 Å². The number of aromatic nitrogens is 1. The van der Waals surface area contributed by atoms with E-state index in [4.69, 9.17) is 5.73 Å². The summed E-state index contributed by atoms with van der Waals surface area (Å²) in [6.07, 6.45) is 0. The molecule has 0 saturated heterocycles. The number of pyridine rings is 1.